The van der Waals surface area contributed by atoms with E-state index >= 15 is 0 Å². The number of anilines is 2. The Balaban J connectivity index is 1.72. The number of rotatable bonds is 3. The van der Waals surface area contributed by atoms with Crippen LogP contribution in [0.2, 0.25) is 0 Å². The predicted octanol–water partition coefficient (Wildman–Crippen LogP) is 4.57. The lowest BCUT2D eigenvalue weighted by Gasteiger charge is -2.31. The maximum absolute atomic E-state index is 13.2. The van der Waals surface area contributed by atoms with E-state index in [9.17, 15) is 13.2 Å². The Morgan fingerprint density at radius 2 is 1.71 bits per heavy atom. The van der Waals surface area contributed by atoms with Gasteiger partial charge in [-0.3, -0.25) is 9.10 Å². The zero-order valence-electron chi connectivity index (χ0n) is 15.0. The van der Waals surface area contributed by atoms with Crippen molar-refractivity contribution in [2.45, 2.75) is 11.8 Å². The molecule has 1 N–H and O–H groups in total. The van der Waals surface area contributed by atoms with Crippen molar-refractivity contribution in [1.82, 2.24) is 0 Å². The third-order valence-electron chi connectivity index (χ3n) is 4.58. The number of amides is 1. The third kappa shape index (κ3) is 3.31. The molecule has 3 aromatic carbocycles. The van der Waals surface area contributed by atoms with Crippen molar-refractivity contribution in [3.05, 3.63) is 76.8 Å². The summed E-state index contributed by atoms with van der Waals surface area (Å²) in [4.78, 5) is 12.8. The Hall–Kier alpha value is -2.64. The van der Waals surface area contributed by atoms with Crippen molar-refractivity contribution in [3.8, 4) is 11.1 Å². The molecule has 142 valence electrons. The first-order valence-corrected chi connectivity index (χ1v) is 10.9. The molecule has 0 atom stereocenters. The summed E-state index contributed by atoms with van der Waals surface area (Å²) in [6, 6.07) is 19.5. The Morgan fingerprint density at radius 1 is 1.00 bits per heavy atom. The summed E-state index contributed by atoms with van der Waals surface area (Å²) in [5.41, 5.74) is 3.60. The minimum atomic E-state index is -3.84. The molecule has 0 aliphatic carbocycles. The highest BCUT2D eigenvalue weighted by molar-refractivity contribution is 9.10. The SMILES string of the molecule is Cc1ccc2c(c1)-c1ccccc1S(=O)(=O)N2CC(=O)Nc1ccc(Br)cc1. The van der Waals surface area contributed by atoms with Crippen LogP contribution in [0.3, 0.4) is 0 Å². The maximum atomic E-state index is 13.2. The molecule has 0 bridgehead atoms. The number of hydrogen-bond donors (Lipinski definition) is 1. The van der Waals surface area contributed by atoms with E-state index in [4.69, 9.17) is 0 Å². The van der Waals surface area contributed by atoms with E-state index in [-0.39, 0.29) is 11.4 Å². The second-order valence-corrected chi connectivity index (χ2v) is 9.33. The van der Waals surface area contributed by atoms with E-state index in [1.54, 1.807) is 36.4 Å². The number of nitrogens with one attached hydrogen (secondary N) is 1. The van der Waals surface area contributed by atoms with Crippen LogP contribution in [0.1, 0.15) is 5.56 Å². The van der Waals surface area contributed by atoms with Crippen LogP contribution in [-0.2, 0) is 14.8 Å². The summed E-state index contributed by atoms with van der Waals surface area (Å²) in [6.07, 6.45) is 0. The fourth-order valence-electron chi connectivity index (χ4n) is 3.28. The van der Waals surface area contributed by atoms with Crippen molar-refractivity contribution >= 4 is 43.2 Å². The molecule has 5 nitrogen and oxygen atoms in total. The quantitative estimate of drug-likeness (QED) is 0.627. The van der Waals surface area contributed by atoms with E-state index in [1.807, 2.05) is 37.3 Å². The normalized spacial score (nSPS) is 14.1. The number of fused-ring (bicyclic) bond motifs is 3. The fourth-order valence-corrected chi connectivity index (χ4v) is 5.19. The van der Waals surface area contributed by atoms with Crippen LogP contribution in [0, 0.1) is 6.92 Å². The van der Waals surface area contributed by atoms with Crippen LogP contribution in [0.4, 0.5) is 11.4 Å². The number of carbonyl (C=O) groups excluding carboxylic acids is 1. The molecule has 3 aromatic rings. The van der Waals surface area contributed by atoms with Gasteiger partial charge in [-0.15, -0.1) is 0 Å². The zero-order valence-corrected chi connectivity index (χ0v) is 17.4. The second kappa shape index (κ2) is 7.07. The van der Waals surface area contributed by atoms with E-state index in [0.29, 0.717) is 16.9 Å². The standard InChI is InChI=1S/C21H17BrN2O3S/c1-14-6-11-19-18(12-14)17-4-2-3-5-20(17)28(26,27)24(19)13-21(25)23-16-9-7-15(22)8-10-16/h2-12H,13H2,1H3,(H,23,25). The number of benzene rings is 3. The molecule has 0 saturated carbocycles. The van der Waals surface area contributed by atoms with Gasteiger partial charge in [-0.1, -0.05) is 45.8 Å². The number of aryl methyl sites for hydroxylation is 1. The molecule has 1 aliphatic heterocycles. The first kappa shape index (κ1) is 18.7. The molecular weight excluding hydrogens is 440 g/mol. The molecule has 4 rings (SSSR count). The molecule has 0 saturated heterocycles. The van der Waals surface area contributed by atoms with Gasteiger partial charge in [0.15, 0.2) is 0 Å². The average Bonchev–Trinajstić information content (AvgIpc) is 2.67. The zero-order chi connectivity index (χ0) is 19.9. The first-order valence-electron chi connectivity index (χ1n) is 8.64. The highest BCUT2D eigenvalue weighted by Gasteiger charge is 2.35. The Labute approximate surface area is 172 Å². The van der Waals surface area contributed by atoms with E-state index in [2.05, 4.69) is 21.2 Å². The van der Waals surface area contributed by atoms with E-state index in [0.717, 1.165) is 15.6 Å². The van der Waals surface area contributed by atoms with Crippen LogP contribution < -0.4 is 9.62 Å². The Kier molecular flexibility index (Phi) is 4.72. The molecular formula is C21H17BrN2O3S. The van der Waals surface area contributed by atoms with Gasteiger partial charge in [0.1, 0.15) is 6.54 Å². The summed E-state index contributed by atoms with van der Waals surface area (Å²) < 4.78 is 28.5. The molecule has 1 heterocycles. The lowest BCUT2D eigenvalue weighted by Crippen LogP contribution is -2.40. The van der Waals surface area contributed by atoms with Gasteiger partial charge in [0.05, 0.1) is 10.6 Å². The van der Waals surface area contributed by atoms with Crippen molar-refractivity contribution in [1.29, 1.82) is 0 Å². The van der Waals surface area contributed by atoms with Gasteiger partial charge in [0.2, 0.25) is 5.91 Å². The Bertz CT molecular complexity index is 1170. The summed E-state index contributed by atoms with van der Waals surface area (Å²) in [5, 5.41) is 2.75. The van der Waals surface area contributed by atoms with Crippen LogP contribution in [0.25, 0.3) is 11.1 Å². The second-order valence-electron chi connectivity index (χ2n) is 6.58. The molecule has 1 amide bonds. The number of sulfonamides is 1. The molecule has 0 aromatic heterocycles. The summed E-state index contributed by atoms with van der Waals surface area (Å²) in [5.74, 6) is -0.406. The van der Waals surface area contributed by atoms with Gasteiger partial charge >= 0.3 is 0 Å². The van der Waals surface area contributed by atoms with Crippen molar-refractivity contribution in [2.75, 3.05) is 16.2 Å². The van der Waals surface area contributed by atoms with Gasteiger partial charge in [-0.25, -0.2) is 8.42 Å². The van der Waals surface area contributed by atoms with Crippen molar-refractivity contribution in [3.63, 3.8) is 0 Å². The highest BCUT2D eigenvalue weighted by atomic mass is 79.9. The molecule has 0 spiro atoms. The van der Waals surface area contributed by atoms with Crippen molar-refractivity contribution in [2.24, 2.45) is 0 Å². The average molecular weight is 457 g/mol. The number of halogens is 1. The largest absolute Gasteiger partial charge is 0.325 e. The topological polar surface area (TPSA) is 66.5 Å². The molecule has 0 fully saturated rings. The van der Waals surface area contributed by atoms with Gasteiger partial charge in [-0.2, -0.15) is 0 Å². The summed E-state index contributed by atoms with van der Waals surface area (Å²) in [7, 11) is -3.84. The number of nitrogens with zero attached hydrogens (tertiary/aromatic N) is 1. The molecule has 0 radical (unpaired) electrons. The van der Waals surface area contributed by atoms with Crippen LogP contribution in [0.15, 0.2) is 76.1 Å². The lowest BCUT2D eigenvalue weighted by molar-refractivity contribution is -0.114. The van der Waals surface area contributed by atoms with Gasteiger partial charge in [0.25, 0.3) is 10.0 Å². The number of hydrogen-bond acceptors (Lipinski definition) is 3. The predicted molar refractivity (Wildman–Crippen MR) is 114 cm³/mol. The van der Waals surface area contributed by atoms with Crippen LogP contribution in [-0.4, -0.2) is 20.9 Å². The van der Waals surface area contributed by atoms with Gasteiger partial charge in [-0.05, 0) is 49.4 Å². The molecule has 1 aliphatic rings. The molecule has 7 heteroatoms. The monoisotopic (exact) mass is 456 g/mol. The van der Waals surface area contributed by atoms with Crippen molar-refractivity contribution < 1.29 is 13.2 Å². The fraction of sp³-hybridized carbons (Fsp3) is 0.0952. The lowest BCUT2D eigenvalue weighted by atomic mass is 10.0. The smallest absolute Gasteiger partial charge is 0.265 e. The first-order chi connectivity index (χ1) is 13.4. The van der Waals surface area contributed by atoms with Crippen LogP contribution in [0.5, 0.6) is 0 Å². The van der Waals surface area contributed by atoms with Gasteiger partial charge < -0.3 is 5.32 Å². The van der Waals surface area contributed by atoms with Crippen LogP contribution >= 0.6 is 15.9 Å². The minimum Gasteiger partial charge on any atom is -0.325 e. The number of carbonyl (C=O) groups is 1. The van der Waals surface area contributed by atoms with E-state index in [1.165, 1.54) is 4.31 Å². The van der Waals surface area contributed by atoms with E-state index < -0.39 is 15.9 Å². The summed E-state index contributed by atoms with van der Waals surface area (Å²) >= 11 is 3.35. The summed E-state index contributed by atoms with van der Waals surface area (Å²) in [6.45, 7) is 1.65. The Morgan fingerprint density at radius 3 is 2.46 bits per heavy atom. The highest BCUT2D eigenvalue weighted by Crippen LogP contribution is 2.43. The minimum absolute atomic E-state index is 0.213. The third-order valence-corrected chi connectivity index (χ3v) is 6.93. The molecule has 0 unspecified atom stereocenters. The van der Waals surface area contributed by atoms with Gasteiger partial charge in [0, 0.05) is 21.3 Å². The maximum Gasteiger partial charge on any atom is 0.265 e. The molecule has 28 heavy (non-hydrogen) atoms.